The highest BCUT2D eigenvalue weighted by molar-refractivity contribution is 7.09. The first-order valence-corrected chi connectivity index (χ1v) is 6.93. The molecule has 0 bridgehead atoms. The van der Waals surface area contributed by atoms with Crippen LogP contribution in [0, 0.1) is 0 Å². The number of anilines is 1. The average Bonchev–Trinajstić information content (AvgIpc) is 2.78. The van der Waals surface area contributed by atoms with Crippen molar-refractivity contribution >= 4 is 22.4 Å². The van der Waals surface area contributed by atoms with Crippen LogP contribution in [0.1, 0.15) is 51.3 Å². The van der Waals surface area contributed by atoms with Gasteiger partial charge in [-0.3, -0.25) is 4.79 Å². The number of hydrogen-bond donors (Lipinski definition) is 0. The zero-order valence-corrected chi connectivity index (χ0v) is 11.5. The Hall–Kier alpha value is -0.970. The van der Waals surface area contributed by atoms with Gasteiger partial charge in [0.05, 0.1) is 0 Å². The molecular weight excluding hydrogens is 234 g/mol. The zero-order chi connectivity index (χ0) is 12.4. The molecule has 5 heteroatoms. The molecule has 0 amide bonds. The molecule has 4 nitrogen and oxygen atoms in total. The van der Waals surface area contributed by atoms with Gasteiger partial charge in [-0.15, -0.1) is 0 Å². The second-order valence-corrected chi connectivity index (χ2v) is 5.70. The molecule has 1 aliphatic rings. The van der Waals surface area contributed by atoms with Gasteiger partial charge in [-0.2, -0.15) is 4.37 Å². The summed E-state index contributed by atoms with van der Waals surface area (Å²) in [7, 11) is 2.06. The molecule has 1 aromatic heterocycles. The van der Waals surface area contributed by atoms with Crippen molar-refractivity contribution in [2.45, 2.75) is 51.5 Å². The molecule has 0 N–H and O–H groups in total. The molecule has 0 aliphatic heterocycles. The minimum Gasteiger partial charge on any atom is -0.347 e. The summed E-state index contributed by atoms with van der Waals surface area (Å²) < 4.78 is 4.37. The quantitative estimate of drug-likeness (QED) is 0.830. The Balaban J connectivity index is 2.03. The van der Waals surface area contributed by atoms with E-state index in [1.165, 1.54) is 11.5 Å². The third-order valence-electron chi connectivity index (χ3n) is 3.31. The Morgan fingerprint density at radius 1 is 1.35 bits per heavy atom. The van der Waals surface area contributed by atoms with Crippen molar-refractivity contribution in [3.8, 4) is 0 Å². The fourth-order valence-electron chi connectivity index (χ4n) is 2.07. The topological polar surface area (TPSA) is 46.1 Å². The van der Waals surface area contributed by atoms with E-state index in [4.69, 9.17) is 0 Å². The second-order valence-electron chi connectivity index (χ2n) is 4.97. The van der Waals surface area contributed by atoms with Gasteiger partial charge in [0.25, 0.3) is 0 Å². The Labute approximate surface area is 106 Å². The van der Waals surface area contributed by atoms with Gasteiger partial charge in [0.2, 0.25) is 5.13 Å². The van der Waals surface area contributed by atoms with Gasteiger partial charge in [0.1, 0.15) is 11.6 Å². The molecule has 0 aromatic carbocycles. The summed E-state index contributed by atoms with van der Waals surface area (Å²) >= 11 is 1.46. The maximum Gasteiger partial charge on any atom is 0.205 e. The highest BCUT2D eigenvalue weighted by Gasteiger charge is 2.24. The summed E-state index contributed by atoms with van der Waals surface area (Å²) in [5, 5.41) is 0.980. The van der Waals surface area contributed by atoms with Gasteiger partial charge >= 0.3 is 0 Å². The van der Waals surface area contributed by atoms with Crippen molar-refractivity contribution in [1.29, 1.82) is 0 Å². The summed E-state index contributed by atoms with van der Waals surface area (Å²) in [6.45, 7) is 4.20. The Kier molecular flexibility index (Phi) is 3.76. The first-order chi connectivity index (χ1) is 8.08. The van der Waals surface area contributed by atoms with Gasteiger partial charge < -0.3 is 4.90 Å². The molecule has 0 unspecified atom stereocenters. The van der Waals surface area contributed by atoms with Crippen molar-refractivity contribution < 1.29 is 4.79 Å². The van der Waals surface area contributed by atoms with Crippen LogP contribution in [0.25, 0.3) is 0 Å². The maximum atomic E-state index is 11.2. The summed E-state index contributed by atoms with van der Waals surface area (Å²) in [6.07, 6.45) is 3.33. The molecule has 1 saturated carbocycles. The summed E-state index contributed by atoms with van der Waals surface area (Å²) in [6, 6.07) is 0.445. The molecule has 0 radical (unpaired) electrons. The van der Waals surface area contributed by atoms with E-state index in [2.05, 4.69) is 35.2 Å². The van der Waals surface area contributed by atoms with Crippen LogP contribution in [0.5, 0.6) is 0 Å². The van der Waals surface area contributed by atoms with Crippen molar-refractivity contribution in [3.05, 3.63) is 5.82 Å². The van der Waals surface area contributed by atoms with E-state index in [1.807, 2.05) is 0 Å². The van der Waals surface area contributed by atoms with Gasteiger partial charge in [-0.05, 0) is 12.8 Å². The zero-order valence-electron chi connectivity index (χ0n) is 10.6. The van der Waals surface area contributed by atoms with Crippen LogP contribution in [0.2, 0.25) is 0 Å². The fraction of sp³-hybridized carbons (Fsp3) is 0.750. The van der Waals surface area contributed by atoms with Crippen LogP contribution in [-0.2, 0) is 4.79 Å². The predicted octanol–water partition coefficient (Wildman–Crippen LogP) is 2.61. The number of aromatic nitrogens is 2. The van der Waals surface area contributed by atoms with Crippen LogP contribution >= 0.6 is 11.5 Å². The summed E-state index contributed by atoms with van der Waals surface area (Å²) in [5.74, 6) is 1.69. The molecule has 1 aromatic rings. The minimum absolute atomic E-state index is 0.376. The Morgan fingerprint density at radius 3 is 2.53 bits per heavy atom. The molecule has 1 fully saturated rings. The highest BCUT2D eigenvalue weighted by Crippen LogP contribution is 2.27. The SMILES string of the molecule is CC(C)c1nsc(N(C)C2CCC(=O)CC2)n1. The normalized spacial score (nSPS) is 17.8. The molecule has 0 spiro atoms. The molecule has 17 heavy (non-hydrogen) atoms. The number of rotatable bonds is 3. The van der Waals surface area contributed by atoms with Crippen LogP contribution in [-0.4, -0.2) is 28.2 Å². The molecule has 2 rings (SSSR count). The van der Waals surface area contributed by atoms with Crippen LogP contribution in [0.15, 0.2) is 0 Å². The van der Waals surface area contributed by atoms with Gasteiger partial charge in [0.15, 0.2) is 0 Å². The number of Topliss-reactive ketones (excluding diaryl/α,β-unsaturated/α-hetero) is 1. The monoisotopic (exact) mass is 253 g/mol. The molecule has 94 valence electrons. The Morgan fingerprint density at radius 2 is 2.00 bits per heavy atom. The summed E-state index contributed by atoms with van der Waals surface area (Å²) in [5.41, 5.74) is 0. The lowest BCUT2D eigenvalue weighted by Gasteiger charge is -2.30. The first kappa shape index (κ1) is 12.5. The molecule has 1 aliphatic carbocycles. The Bertz CT molecular complexity index is 392. The number of nitrogens with zero attached hydrogens (tertiary/aromatic N) is 3. The first-order valence-electron chi connectivity index (χ1n) is 6.16. The minimum atomic E-state index is 0.376. The van der Waals surface area contributed by atoms with Gasteiger partial charge in [-0.25, -0.2) is 4.98 Å². The van der Waals surface area contributed by atoms with E-state index in [9.17, 15) is 4.79 Å². The number of ketones is 1. The van der Waals surface area contributed by atoms with E-state index in [0.717, 1.165) is 23.8 Å². The van der Waals surface area contributed by atoms with Crippen molar-refractivity contribution in [3.63, 3.8) is 0 Å². The average molecular weight is 253 g/mol. The van der Waals surface area contributed by atoms with Gasteiger partial charge in [0, 0.05) is 43.4 Å². The number of carbonyl (C=O) groups excluding carboxylic acids is 1. The van der Waals surface area contributed by atoms with Crippen molar-refractivity contribution in [1.82, 2.24) is 9.36 Å². The lowest BCUT2D eigenvalue weighted by atomic mass is 9.94. The second kappa shape index (κ2) is 5.12. The maximum absolute atomic E-state index is 11.2. The van der Waals surface area contributed by atoms with E-state index in [-0.39, 0.29) is 0 Å². The van der Waals surface area contributed by atoms with E-state index in [1.54, 1.807) is 0 Å². The molecular formula is C12H19N3OS. The largest absolute Gasteiger partial charge is 0.347 e. The van der Waals surface area contributed by atoms with Crippen molar-refractivity contribution in [2.24, 2.45) is 0 Å². The highest BCUT2D eigenvalue weighted by atomic mass is 32.1. The standard InChI is InChI=1S/C12H19N3OS/c1-8(2)11-13-12(17-14-11)15(3)9-4-6-10(16)7-5-9/h8-9H,4-7H2,1-3H3. The number of carbonyl (C=O) groups is 1. The van der Waals surface area contributed by atoms with Gasteiger partial charge in [-0.1, -0.05) is 13.8 Å². The molecule has 0 saturated heterocycles. The van der Waals surface area contributed by atoms with E-state index in [0.29, 0.717) is 30.6 Å². The lowest BCUT2D eigenvalue weighted by molar-refractivity contribution is -0.120. The molecule has 0 atom stereocenters. The predicted molar refractivity (Wildman–Crippen MR) is 69.7 cm³/mol. The lowest BCUT2D eigenvalue weighted by Crippen LogP contribution is -2.35. The molecule has 1 heterocycles. The third-order valence-corrected chi connectivity index (χ3v) is 4.13. The van der Waals surface area contributed by atoms with Crippen LogP contribution < -0.4 is 4.90 Å². The van der Waals surface area contributed by atoms with Crippen LogP contribution in [0.3, 0.4) is 0 Å². The smallest absolute Gasteiger partial charge is 0.205 e. The third kappa shape index (κ3) is 2.83. The van der Waals surface area contributed by atoms with Crippen molar-refractivity contribution in [2.75, 3.05) is 11.9 Å². The number of hydrogen-bond acceptors (Lipinski definition) is 5. The fourth-order valence-corrected chi connectivity index (χ4v) is 2.91. The van der Waals surface area contributed by atoms with Crippen LogP contribution in [0.4, 0.5) is 5.13 Å². The summed E-state index contributed by atoms with van der Waals surface area (Å²) in [4.78, 5) is 18.0. The van der Waals surface area contributed by atoms with E-state index < -0.39 is 0 Å². The van der Waals surface area contributed by atoms with E-state index >= 15 is 0 Å².